The highest BCUT2D eigenvalue weighted by Crippen LogP contribution is 2.38. The van der Waals surface area contributed by atoms with Gasteiger partial charge in [-0.3, -0.25) is 19.2 Å². The molecule has 0 heterocycles. The number of esters is 2. The predicted octanol–water partition coefficient (Wildman–Crippen LogP) is 6.04. The van der Waals surface area contributed by atoms with Gasteiger partial charge in [0.2, 0.25) is 0 Å². The molecule has 0 radical (unpaired) electrons. The van der Waals surface area contributed by atoms with E-state index >= 15 is 0 Å². The summed E-state index contributed by atoms with van der Waals surface area (Å²) in [6, 6.07) is 0. The van der Waals surface area contributed by atoms with Gasteiger partial charge < -0.3 is 9.47 Å². The summed E-state index contributed by atoms with van der Waals surface area (Å²) in [6.07, 6.45) is 5.18. The third kappa shape index (κ3) is 7.64. The molecule has 0 amide bonds. The van der Waals surface area contributed by atoms with Crippen LogP contribution >= 0.6 is 0 Å². The average Bonchev–Trinajstić information content (AvgIpc) is 2.72. The minimum absolute atomic E-state index is 0.239. The van der Waals surface area contributed by atoms with Gasteiger partial charge in [-0.2, -0.15) is 0 Å². The topological polar surface area (TPSA) is 86.7 Å². The first kappa shape index (κ1) is 30.5. The van der Waals surface area contributed by atoms with E-state index in [0.29, 0.717) is 23.7 Å². The van der Waals surface area contributed by atoms with Gasteiger partial charge in [-0.05, 0) is 81.0 Å². The Balaban J connectivity index is 2.22. The number of ketones is 2. The normalized spacial score (nSPS) is 31.4. The van der Waals surface area contributed by atoms with Gasteiger partial charge in [0.15, 0.2) is 0 Å². The van der Waals surface area contributed by atoms with Crippen LogP contribution in [-0.2, 0) is 28.7 Å². The zero-order valence-corrected chi connectivity index (χ0v) is 24.0. The lowest BCUT2D eigenvalue weighted by Crippen LogP contribution is -2.45. The molecule has 206 valence electrons. The Bertz CT molecular complexity index is 722. The smallest absolute Gasteiger partial charge is 0.317 e. The van der Waals surface area contributed by atoms with Crippen LogP contribution in [0.4, 0.5) is 0 Å². The highest BCUT2D eigenvalue weighted by atomic mass is 16.6. The van der Waals surface area contributed by atoms with Gasteiger partial charge in [-0.1, -0.05) is 61.3 Å². The maximum absolute atomic E-state index is 13.4. The summed E-state index contributed by atoms with van der Waals surface area (Å²) in [7, 11) is 0. The summed E-state index contributed by atoms with van der Waals surface area (Å²) in [5.41, 5.74) is 0. The van der Waals surface area contributed by atoms with Gasteiger partial charge in [0, 0.05) is 0 Å². The van der Waals surface area contributed by atoms with Crippen LogP contribution < -0.4 is 0 Å². The number of ether oxygens (including phenoxy) is 2. The van der Waals surface area contributed by atoms with Gasteiger partial charge in [-0.15, -0.1) is 0 Å². The summed E-state index contributed by atoms with van der Waals surface area (Å²) in [6.45, 7) is 17.1. The molecular weight excluding hydrogens is 456 g/mol. The Kier molecular flexibility index (Phi) is 11.2. The van der Waals surface area contributed by atoms with E-state index in [-0.39, 0.29) is 35.6 Å². The molecular formula is C30H50O6. The lowest BCUT2D eigenvalue weighted by molar-refractivity contribution is -0.170. The fourth-order valence-electron chi connectivity index (χ4n) is 6.64. The second-order valence-corrected chi connectivity index (χ2v) is 12.6. The SMILES string of the molecule is CC(=O)[C@H](C(=O)O[C@@H]1C[C@H](C)CC[C@@H]1C(C)C)C(C)[C@H](C(C)=O)C(=O)O[C@@H]1C[C@@H](C)CC[C@H]1C(C)C. The monoisotopic (exact) mass is 506 g/mol. The first-order valence-corrected chi connectivity index (χ1v) is 14.2. The molecule has 1 unspecified atom stereocenters. The first-order chi connectivity index (χ1) is 16.7. The molecule has 36 heavy (non-hydrogen) atoms. The van der Waals surface area contributed by atoms with E-state index in [9.17, 15) is 19.2 Å². The highest BCUT2D eigenvalue weighted by Gasteiger charge is 2.45. The van der Waals surface area contributed by atoms with Gasteiger partial charge in [0.25, 0.3) is 0 Å². The van der Waals surface area contributed by atoms with E-state index in [1.54, 1.807) is 6.92 Å². The van der Waals surface area contributed by atoms with E-state index < -0.39 is 29.7 Å². The van der Waals surface area contributed by atoms with Crippen molar-refractivity contribution in [2.75, 3.05) is 0 Å². The van der Waals surface area contributed by atoms with Crippen molar-refractivity contribution in [3.8, 4) is 0 Å². The quantitative estimate of drug-likeness (QED) is 0.265. The molecule has 0 saturated heterocycles. The number of hydrogen-bond acceptors (Lipinski definition) is 6. The minimum atomic E-state index is -1.18. The Labute approximate surface area is 218 Å². The predicted molar refractivity (Wildman–Crippen MR) is 140 cm³/mol. The third-order valence-corrected chi connectivity index (χ3v) is 8.89. The Morgan fingerprint density at radius 3 is 1.22 bits per heavy atom. The van der Waals surface area contributed by atoms with Crippen molar-refractivity contribution in [3.63, 3.8) is 0 Å². The van der Waals surface area contributed by atoms with Crippen molar-refractivity contribution in [3.05, 3.63) is 0 Å². The fraction of sp³-hybridized carbons (Fsp3) is 0.867. The summed E-state index contributed by atoms with van der Waals surface area (Å²) in [5, 5.41) is 0. The molecule has 9 atom stereocenters. The second-order valence-electron chi connectivity index (χ2n) is 12.6. The number of carbonyl (C=O) groups is 4. The van der Waals surface area contributed by atoms with Gasteiger partial charge in [0.05, 0.1) is 0 Å². The van der Waals surface area contributed by atoms with Crippen LogP contribution in [0.3, 0.4) is 0 Å². The summed E-state index contributed by atoms with van der Waals surface area (Å²) in [4.78, 5) is 52.2. The number of hydrogen-bond donors (Lipinski definition) is 0. The molecule has 6 nitrogen and oxygen atoms in total. The molecule has 2 aliphatic rings. The van der Waals surface area contributed by atoms with Crippen molar-refractivity contribution in [1.82, 2.24) is 0 Å². The van der Waals surface area contributed by atoms with Crippen molar-refractivity contribution in [2.45, 2.75) is 113 Å². The molecule has 0 aromatic carbocycles. The molecule has 0 spiro atoms. The van der Waals surface area contributed by atoms with E-state index in [2.05, 4.69) is 41.5 Å². The van der Waals surface area contributed by atoms with E-state index in [1.807, 2.05) is 0 Å². The lowest BCUT2D eigenvalue weighted by atomic mass is 9.74. The van der Waals surface area contributed by atoms with E-state index in [1.165, 1.54) is 13.8 Å². The Morgan fingerprint density at radius 1 is 0.611 bits per heavy atom. The summed E-state index contributed by atoms with van der Waals surface area (Å²) < 4.78 is 12.0. The average molecular weight is 507 g/mol. The minimum Gasteiger partial charge on any atom is -0.462 e. The van der Waals surface area contributed by atoms with Crippen LogP contribution in [0, 0.1) is 53.3 Å². The lowest BCUT2D eigenvalue weighted by Gasteiger charge is -2.38. The largest absolute Gasteiger partial charge is 0.462 e. The first-order valence-electron chi connectivity index (χ1n) is 14.2. The molecule has 0 aromatic rings. The van der Waals surface area contributed by atoms with Gasteiger partial charge in [-0.25, -0.2) is 0 Å². The number of rotatable bonds is 10. The maximum Gasteiger partial charge on any atom is 0.317 e. The third-order valence-electron chi connectivity index (χ3n) is 8.89. The van der Waals surface area contributed by atoms with E-state index in [0.717, 1.165) is 38.5 Å². The molecule has 0 bridgehead atoms. The van der Waals surface area contributed by atoms with Gasteiger partial charge >= 0.3 is 11.9 Å². The van der Waals surface area contributed by atoms with Crippen LogP contribution in [0.2, 0.25) is 0 Å². The van der Waals surface area contributed by atoms with E-state index in [4.69, 9.17) is 9.47 Å². The maximum atomic E-state index is 13.4. The molecule has 2 saturated carbocycles. The standard InChI is InChI=1S/C30H50O6/c1-16(2)23-12-10-18(5)14-25(23)35-29(33)27(21(8)31)20(7)28(22(9)32)30(34)36-26-15-19(6)11-13-24(26)17(3)4/h16-20,23-28H,10-15H2,1-9H3/t18-,19+,20?,23-,24+,25-,26-,27-,28-/m1/s1. The second kappa shape index (κ2) is 13.2. The molecule has 2 fully saturated rings. The van der Waals surface area contributed by atoms with Crippen LogP contribution in [0.1, 0.15) is 101 Å². The molecule has 0 aliphatic heterocycles. The van der Waals surface area contributed by atoms with Crippen molar-refractivity contribution in [1.29, 1.82) is 0 Å². The molecule has 0 N–H and O–H groups in total. The number of carbonyl (C=O) groups excluding carboxylic acids is 4. The zero-order chi connectivity index (χ0) is 27.3. The molecule has 2 aliphatic carbocycles. The van der Waals surface area contributed by atoms with Crippen molar-refractivity contribution in [2.24, 2.45) is 53.3 Å². The zero-order valence-electron chi connectivity index (χ0n) is 24.0. The van der Waals surface area contributed by atoms with Crippen molar-refractivity contribution >= 4 is 23.5 Å². The molecule has 0 aromatic heterocycles. The summed E-state index contributed by atoms with van der Waals surface area (Å²) in [5.74, 6) is -3.13. The fourth-order valence-corrected chi connectivity index (χ4v) is 6.64. The Hall–Kier alpha value is -1.72. The van der Waals surface area contributed by atoms with Gasteiger partial charge in [0.1, 0.15) is 35.6 Å². The van der Waals surface area contributed by atoms with Crippen LogP contribution in [0.5, 0.6) is 0 Å². The van der Waals surface area contributed by atoms with Crippen molar-refractivity contribution < 1.29 is 28.7 Å². The van der Waals surface area contributed by atoms with Crippen LogP contribution in [0.15, 0.2) is 0 Å². The Morgan fingerprint density at radius 2 is 0.944 bits per heavy atom. The van der Waals surface area contributed by atoms with Crippen LogP contribution in [-0.4, -0.2) is 35.7 Å². The highest BCUT2D eigenvalue weighted by molar-refractivity contribution is 6.02. The molecule has 6 heteroatoms. The summed E-state index contributed by atoms with van der Waals surface area (Å²) >= 11 is 0. The van der Waals surface area contributed by atoms with Crippen LogP contribution in [0.25, 0.3) is 0 Å². The number of Topliss-reactive ketones (excluding diaryl/α,β-unsaturated/α-hetero) is 2. The molecule has 2 rings (SSSR count).